The van der Waals surface area contributed by atoms with E-state index in [1.807, 2.05) is 0 Å². The van der Waals surface area contributed by atoms with Crippen LogP contribution in [0.2, 0.25) is 0 Å². The first-order chi connectivity index (χ1) is 7.09. The minimum absolute atomic E-state index is 0.332. The van der Waals surface area contributed by atoms with Gasteiger partial charge in [0, 0.05) is 12.5 Å². The molecule has 0 heterocycles. The number of halogens is 2. The minimum Gasteiger partial charge on any atom is -0.493 e. The summed E-state index contributed by atoms with van der Waals surface area (Å²) in [4.78, 5) is 0.473. The maximum Gasteiger partial charge on any atom is 0.141 e. The molecule has 0 atom stereocenters. The highest BCUT2D eigenvalue weighted by molar-refractivity contribution is 9.10. The third-order valence-corrected chi connectivity index (χ3v) is 2.57. The molecule has 1 aromatic rings. The second-order valence-corrected chi connectivity index (χ2v) is 4.37. The lowest BCUT2D eigenvalue weighted by Crippen LogP contribution is -2.09. The molecule has 0 fully saturated rings. The molecule has 1 rings (SSSR count). The highest BCUT2D eigenvalue weighted by atomic mass is 79.9. The molecule has 82 valence electrons. The van der Waals surface area contributed by atoms with Gasteiger partial charge in [0.05, 0.1) is 16.1 Å². The zero-order chi connectivity index (χ0) is 11.3. The lowest BCUT2D eigenvalue weighted by molar-refractivity contribution is 0.312. The van der Waals surface area contributed by atoms with Gasteiger partial charge >= 0.3 is 0 Å². The topological polar surface area (TPSA) is 35.2 Å². The fourth-order valence-electron chi connectivity index (χ4n) is 1.00. The van der Waals surface area contributed by atoms with Gasteiger partial charge in [-0.15, -0.1) is 0 Å². The van der Waals surface area contributed by atoms with Crippen molar-refractivity contribution in [1.29, 1.82) is 0 Å². The predicted octanol–water partition coefficient (Wildman–Crippen LogP) is 3.03. The molecule has 0 aliphatic heterocycles. The maximum atomic E-state index is 13.0. The summed E-state index contributed by atoms with van der Waals surface area (Å²) in [6.45, 7) is 0.485. The molecule has 0 aliphatic carbocycles. The molecule has 0 aromatic heterocycles. The summed E-state index contributed by atoms with van der Waals surface area (Å²) in [6.07, 6.45) is 1.39. The predicted molar refractivity (Wildman–Crippen MR) is 65.6 cm³/mol. The normalized spacial score (nSPS) is 10.0. The zero-order valence-corrected chi connectivity index (χ0v) is 10.4. The third-order valence-electron chi connectivity index (χ3n) is 1.73. The lowest BCUT2D eigenvalue weighted by Gasteiger charge is -2.06. The molecule has 0 amide bonds. The van der Waals surface area contributed by atoms with Crippen LogP contribution in [0.25, 0.3) is 0 Å². The summed E-state index contributed by atoms with van der Waals surface area (Å²) >= 11 is 7.79. The molecule has 1 aromatic carbocycles. The summed E-state index contributed by atoms with van der Waals surface area (Å²) in [5.41, 5.74) is 5.33. The number of thiocarbonyl (C=S) groups is 1. The lowest BCUT2D eigenvalue weighted by atomic mass is 10.3. The van der Waals surface area contributed by atoms with Gasteiger partial charge in [0.1, 0.15) is 11.6 Å². The highest BCUT2D eigenvalue weighted by Gasteiger charge is 2.01. The van der Waals surface area contributed by atoms with Crippen molar-refractivity contribution < 1.29 is 9.13 Å². The van der Waals surface area contributed by atoms with E-state index in [9.17, 15) is 4.39 Å². The Bertz CT molecular complexity index is 359. The summed E-state index contributed by atoms with van der Waals surface area (Å²) in [6, 6.07) is 4.65. The number of benzene rings is 1. The average molecular weight is 292 g/mol. The molecule has 0 bridgehead atoms. The largest absolute Gasteiger partial charge is 0.493 e. The van der Waals surface area contributed by atoms with Crippen LogP contribution >= 0.6 is 28.1 Å². The van der Waals surface area contributed by atoms with E-state index >= 15 is 0 Å². The number of hydrogen-bond donors (Lipinski definition) is 1. The molecular weight excluding hydrogens is 281 g/mol. The van der Waals surface area contributed by atoms with E-state index in [-0.39, 0.29) is 5.82 Å². The molecule has 0 aliphatic rings. The van der Waals surface area contributed by atoms with Crippen LogP contribution in [0.3, 0.4) is 0 Å². The Morgan fingerprint density at radius 1 is 1.53 bits per heavy atom. The van der Waals surface area contributed by atoms with Gasteiger partial charge in [0.2, 0.25) is 0 Å². The third kappa shape index (κ3) is 4.57. The summed E-state index contributed by atoms with van der Waals surface area (Å²) in [7, 11) is 0. The molecule has 0 spiro atoms. The van der Waals surface area contributed by atoms with Crippen molar-refractivity contribution in [2.45, 2.75) is 12.8 Å². The molecule has 15 heavy (non-hydrogen) atoms. The van der Waals surface area contributed by atoms with Crippen molar-refractivity contribution in [2.24, 2.45) is 5.73 Å². The second-order valence-electron chi connectivity index (χ2n) is 2.99. The summed E-state index contributed by atoms with van der Waals surface area (Å²) in [5, 5.41) is 0. The monoisotopic (exact) mass is 291 g/mol. The van der Waals surface area contributed by atoms with Crippen LogP contribution in [-0.4, -0.2) is 11.6 Å². The van der Waals surface area contributed by atoms with E-state index in [2.05, 4.69) is 15.9 Å². The van der Waals surface area contributed by atoms with Crippen molar-refractivity contribution >= 4 is 33.1 Å². The van der Waals surface area contributed by atoms with Crippen LogP contribution < -0.4 is 10.5 Å². The van der Waals surface area contributed by atoms with Gasteiger partial charge in [-0.05, 0) is 34.5 Å². The molecule has 0 saturated carbocycles. The number of hydrogen-bond acceptors (Lipinski definition) is 2. The highest BCUT2D eigenvalue weighted by Crippen LogP contribution is 2.20. The fraction of sp³-hybridized carbons (Fsp3) is 0.300. The molecular formula is C10H11BrFNOS. The molecule has 2 nitrogen and oxygen atoms in total. The van der Waals surface area contributed by atoms with Crippen LogP contribution in [0.4, 0.5) is 4.39 Å². The summed E-state index contributed by atoms with van der Waals surface area (Å²) in [5.74, 6) is 0.181. The quantitative estimate of drug-likeness (QED) is 0.669. The van der Waals surface area contributed by atoms with E-state index in [1.165, 1.54) is 6.07 Å². The van der Waals surface area contributed by atoms with Gasteiger partial charge in [0.25, 0.3) is 0 Å². The Labute approximate surface area is 102 Å². The molecule has 0 radical (unpaired) electrons. The Kier molecular flexibility index (Phi) is 4.98. The van der Waals surface area contributed by atoms with E-state index in [4.69, 9.17) is 22.7 Å². The van der Waals surface area contributed by atoms with Crippen LogP contribution in [0.5, 0.6) is 5.75 Å². The van der Waals surface area contributed by atoms with Gasteiger partial charge in [0.15, 0.2) is 0 Å². The van der Waals surface area contributed by atoms with Crippen molar-refractivity contribution in [3.05, 3.63) is 28.5 Å². The maximum absolute atomic E-state index is 13.0. The van der Waals surface area contributed by atoms with Crippen molar-refractivity contribution in [3.63, 3.8) is 0 Å². The van der Waals surface area contributed by atoms with Crippen molar-refractivity contribution in [1.82, 2.24) is 0 Å². The van der Waals surface area contributed by atoms with Crippen LogP contribution in [-0.2, 0) is 0 Å². The first kappa shape index (κ1) is 12.4. The molecule has 2 N–H and O–H groups in total. The standard InChI is InChI=1S/C10H11BrFNOS/c11-8-4-3-7(6-9(8)12)14-5-1-2-10(13)15/h3-4,6H,1-2,5H2,(H2,13,15). The van der Waals surface area contributed by atoms with E-state index < -0.39 is 0 Å². The van der Waals surface area contributed by atoms with Crippen molar-refractivity contribution in [3.8, 4) is 5.75 Å². The fourth-order valence-corrected chi connectivity index (χ4v) is 1.39. The van der Waals surface area contributed by atoms with E-state index in [0.29, 0.717) is 28.2 Å². The smallest absolute Gasteiger partial charge is 0.141 e. The zero-order valence-electron chi connectivity index (χ0n) is 8.00. The number of ether oxygens (including phenoxy) is 1. The number of nitrogens with two attached hydrogens (primary N) is 1. The van der Waals surface area contributed by atoms with Crippen LogP contribution in [0.15, 0.2) is 22.7 Å². The van der Waals surface area contributed by atoms with E-state index in [0.717, 1.165) is 6.42 Å². The molecule has 0 saturated heterocycles. The Balaban J connectivity index is 2.38. The van der Waals surface area contributed by atoms with Crippen molar-refractivity contribution in [2.75, 3.05) is 6.61 Å². The van der Waals surface area contributed by atoms with Gasteiger partial charge < -0.3 is 10.5 Å². The SMILES string of the molecule is NC(=S)CCCOc1ccc(Br)c(F)c1. The van der Waals surface area contributed by atoms with Gasteiger partial charge in [-0.2, -0.15) is 0 Å². The average Bonchev–Trinajstić information content (AvgIpc) is 2.18. The number of rotatable bonds is 5. The first-order valence-electron chi connectivity index (χ1n) is 4.46. The van der Waals surface area contributed by atoms with Gasteiger partial charge in [-0.25, -0.2) is 4.39 Å². The molecule has 5 heteroatoms. The Hall–Kier alpha value is -0.680. The van der Waals surface area contributed by atoms with E-state index in [1.54, 1.807) is 12.1 Å². The van der Waals surface area contributed by atoms with Gasteiger partial charge in [-0.3, -0.25) is 0 Å². The Morgan fingerprint density at radius 2 is 2.27 bits per heavy atom. The Morgan fingerprint density at radius 3 is 2.87 bits per heavy atom. The van der Waals surface area contributed by atoms with Gasteiger partial charge in [-0.1, -0.05) is 12.2 Å². The van der Waals surface area contributed by atoms with Crippen LogP contribution in [0, 0.1) is 5.82 Å². The minimum atomic E-state index is -0.332. The summed E-state index contributed by atoms with van der Waals surface area (Å²) < 4.78 is 18.8. The second kappa shape index (κ2) is 6.02. The molecule has 0 unspecified atom stereocenters. The van der Waals surface area contributed by atoms with Crippen LogP contribution in [0.1, 0.15) is 12.8 Å². The first-order valence-corrected chi connectivity index (χ1v) is 5.66.